The molecule has 0 spiro atoms. The van der Waals surface area contributed by atoms with Gasteiger partial charge in [0.25, 0.3) is 14.3 Å². The molecule has 46 heavy (non-hydrogen) atoms. The third kappa shape index (κ3) is 11.2. The molecule has 1 aliphatic rings. The maximum Gasteiger partial charge on any atom is 0.262 e. The minimum absolute atomic E-state index is 0.00547. The Balaban J connectivity index is 2.74. The summed E-state index contributed by atoms with van der Waals surface area (Å²) >= 11 is 1.66. The molecule has 0 aliphatic carbocycles. The summed E-state index contributed by atoms with van der Waals surface area (Å²) < 4.78 is 31.9. The van der Waals surface area contributed by atoms with E-state index < -0.39 is 28.3 Å². The second kappa shape index (κ2) is 17.8. The summed E-state index contributed by atoms with van der Waals surface area (Å²) in [6.45, 7) is 27.5. The molecular formula is C38H58O5SSi2. The van der Waals surface area contributed by atoms with Gasteiger partial charge in [0, 0.05) is 23.3 Å². The fraction of sp³-hybridized carbons (Fsp3) is 0.579. The summed E-state index contributed by atoms with van der Waals surface area (Å²) in [6.07, 6.45) is 7.75. The third-order valence-electron chi connectivity index (χ3n) is 8.88. The smallest absolute Gasteiger partial charge is 0.262 e. The Bertz CT molecular complexity index is 1300. The summed E-state index contributed by atoms with van der Waals surface area (Å²) in [5.74, 6) is 13.6. The van der Waals surface area contributed by atoms with Crippen LogP contribution in [0.1, 0.15) is 75.7 Å². The van der Waals surface area contributed by atoms with Crippen LogP contribution in [0.25, 0.3) is 0 Å². The quantitative estimate of drug-likeness (QED) is 0.124. The normalized spacial score (nSPS) is 23.0. The zero-order valence-electron chi connectivity index (χ0n) is 30.6. The molecule has 2 rings (SSSR count). The van der Waals surface area contributed by atoms with E-state index in [1.807, 2.05) is 12.1 Å². The van der Waals surface area contributed by atoms with Gasteiger partial charge in [-0.2, -0.15) is 0 Å². The van der Waals surface area contributed by atoms with E-state index in [0.717, 1.165) is 9.80 Å². The first-order chi connectivity index (χ1) is 21.5. The molecule has 0 radical (unpaired) electrons. The summed E-state index contributed by atoms with van der Waals surface area (Å²) in [6, 6.07) is 10.4. The molecule has 1 aromatic carbocycles. The van der Waals surface area contributed by atoms with Crippen LogP contribution in [-0.2, 0) is 23.1 Å². The van der Waals surface area contributed by atoms with Gasteiger partial charge in [0.15, 0.2) is 8.32 Å². The van der Waals surface area contributed by atoms with E-state index in [-0.39, 0.29) is 11.8 Å². The molecule has 0 aromatic heterocycles. The first-order valence-electron chi connectivity index (χ1n) is 16.4. The molecule has 0 fully saturated rings. The minimum Gasteiger partial charge on any atom is -0.518 e. The molecule has 1 heterocycles. The molecule has 8 heteroatoms. The molecular weight excluding hydrogens is 625 g/mol. The van der Waals surface area contributed by atoms with Crippen LogP contribution in [0.5, 0.6) is 0 Å². The fourth-order valence-electron chi connectivity index (χ4n) is 5.53. The predicted octanol–water partition coefficient (Wildman–Crippen LogP) is 10.4. The van der Waals surface area contributed by atoms with Crippen molar-refractivity contribution in [3.63, 3.8) is 0 Å². The predicted molar refractivity (Wildman–Crippen MR) is 199 cm³/mol. The van der Waals surface area contributed by atoms with Crippen LogP contribution in [-0.4, -0.2) is 48.8 Å². The van der Waals surface area contributed by atoms with Crippen molar-refractivity contribution in [3.8, 4) is 23.7 Å². The lowest BCUT2D eigenvalue weighted by Crippen LogP contribution is -2.48. The second-order valence-corrected chi connectivity index (χ2v) is 25.5. The number of methoxy groups -OCH3 is 1. The minimum atomic E-state index is -2.31. The van der Waals surface area contributed by atoms with E-state index in [1.54, 1.807) is 31.0 Å². The molecule has 254 valence electrons. The van der Waals surface area contributed by atoms with Gasteiger partial charge in [0.05, 0.1) is 0 Å². The van der Waals surface area contributed by atoms with E-state index in [9.17, 15) is 0 Å². The first-order valence-corrected chi connectivity index (χ1v) is 22.3. The van der Waals surface area contributed by atoms with Gasteiger partial charge in [-0.1, -0.05) is 116 Å². The molecule has 0 N–H and O–H groups in total. The Labute approximate surface area is 287 Å². The Morgan fingerprint density at radius 3 is 2.13 bits per heavy atom. The van der Waals surface area contributed by atoms with Gasteiger partial charge in [-0.3, -0.25) is 0 Å². The van der Waals surface area contributed by atoms with Crippen molar-refractivity contribution in [3.05, 3.63) is 65.5 Å². The Morgan fingerprint density at radius 1 is 0.957 bits per heavy atom. The molecule has 0 bridgehead atoms. The van der Waals surface area contributed by atoms with Crippen molar-refractivity contribution in [2.75, 3.05) is 20.5 Å². The molecule has 0 unspecified atom stereocenters. The lowest BCUT2D eigenvalue weighted by atomic mass is 10.1. The van der Waals surface area contributed by atoms with Crippen LogP contribution in [0.4, 0.5) is 0 Å². The molecule has 1 aromatic rings. The van der Waals surface area contributed by atoms with Crippen LogP contribution in [0, 0.1) is 23.7 Å². The number of thioether (sulfide) groups is 1. The van der Waals surface area contributed by atoms with Gasteiger partial charge in [0.1, 0.15) is 25.1 Å². The summed E-state index contributed by atoms with van der Waals surface area (Å²) in [7, 11) is -2.96. The van der Waals surface area contributed by atoms with Crippen molar-refractivity contribution in [1.82, 2.24) is 0 Å². The van der Waals surface area contributed by atoms with Crippen molar-refractivity contribution in [2.24, 2.45) is 0 Å². The summed E-state index contributed by atoms with van der Waals surface area (Å²) in [5.41, 5.74) is 0.271. The first kappa shape index (κ1) is 40.0. The fourth-order valence-corrected chi connectivity index (χ4v) is 13.3. The Morgan fingerprint density at radius 2 is 1.57 bits per heavy atom. The zero-order valence-corrected chi connectivity index (χ0v) is 33.4. The maximum absolute atomic E-state index is 7.14. The van der Waals surface area contributed by atoms with Gasteiger partial charge in [-0.15, -0.1) is 0 Å². The number of benzene rings is 1. The number of rotatable bonds is 12. The highest BCUT2D eigenvalue weighted by atomic mass is 32.2. The van der Waals surface area contributed by atoms with Crippen LogP contribution in [0.3, 0.4) is 0 Å². The number of hydrogen-bond donors (Lipinski definition) is 0. The van der Waals surface area contributed by atoms with Crippen LogP contribution in [0.2, 0.25) is 34.8 Å². The SMILES string of the molecule is COCO[C@@H]1C#C/C=C\C#C[C@@](C)(O[Si](C)(C)C(C)(C)C)/C(Sc2ccccc2)=C/CO/C(O[Si](C(C)C)(C(C)C)C(C)C)=C\C1. The molecule has 0 saturated carbocycles. The molecule has 1 aliphatic heterocycles. The number of allylic oxidation sites excluding steroid dienone is 2. The Hall–Kier alpha value is -2.18. The van der Waals surface area contributed by atoms with Gasteiger partial charge in [-0.05, 0) is 78.1 Å². The van der Waals surface area contributed by atoms with Gasteiger partial charge >= 0.3 is 0 Å². The standard InChI is InChI=1S/C38H58O5SSi2/c1-30(2)46(31(3)4,32(5)6)42-36-25-24-33(41-29-39-11)21-17-14-15-20-27-38(10,43-45(12,13)37(7,8)9)35(26-28-40-36)44-34-22-18-16-19-23-34/h14-16,18-19,22-23,25-26,30-33H,24,28-29H2,1-13H3/b15-14-,35-26-,36-25+/t33-,38-/m1/s1. The van der Waals surface area contributed by atoms with Gasteiger partial charge in [-0.25, -0.2) is 0 Å². The highest BCUT2D eigenvalue weighted by molar-refractivity contribution is 8.03. The molecule has 0 amide bonds. The van der Waals surface area contributed by atoms with E-state index in [1.165, 1.54) is 0 Å². The average molecular weight is 683 g/mol. The maximum atomic E-state index is 7.14. The average Bonchev–Trinajstić information content (AvgIpc) is 2.96. The molecule has 2 atom stereocenters. The monoisotopic (exact) mass is 682 g/mol. The van der Waals surface area contributed by atoms with Crippen LogP contribution >= 0.6 is 11.8 Å². The lowest BCUT2D eigenvalue weighted by molar-refractivity contribution is -0.0516. The second-order valence-electron chi connectivity index (χ2n) is 14.3. The lowest BCUT2D eigenvalue weighted by Gasteiger charge is -2.43. The molecule has 5 nitrogen and oxygen atoms in total. The number of hydrogen-bond acceptors (Lipinski definition) is 6. The van der Waals surface area contributed by atoms with Gasteiger partial charge in [0.2, 0.25) is 0 Å². The van der Waals surface area contributed by atoms with E-state index in [2.05, 4.69) is 136 Å². The van der Waals surface area contributed by atoms with E-state index in [4.69, 9.17) is 23.1 Å². The summed E-state index contributed by atoms with van der Waals surface area (Å²) in [4.78, 5) is 2.09. The van der Waals surface area contributed by atoms with Crippen LogP contribution in [0.15, 0.2) is 70.4 Å². The Kier molecular flexibility index (Phi) is 15.5. The molecule has 0 saturated heterocycles. The van der Waals surface area contributed by atoms with Gasteiger partial charge < -0.3 is 23.1 Å². The number of ether oxygens (including phenoxy) is 3. The highest BCUT2D eigenvalue weighted by Crippen LogP contribution is 2.45. The zero-order chi connectivity index (χ0) is 34.6. The third-order valence-corrected chi connectivity index (χ3v) is 20.7. The van der Waals surface area contributed by atoms with Crippen molar-refractivity contribution in [2.45, 2.75) is 127 Å². The van der Waals surface area contributed by atoms with Crippen molar-refractivity contribution in [1.29, 1.82) is 0 Å². The van der Waals surface area contributed by atoms with E-state index >= 15 is 0 Å². The topological polar surface area (TPSA) is 46.2 Å². The highest BCUT2D eigenvalue weighted by Gasteiger charge is 2.48. The van der Waals surface area contributed by atoms with Crippen molar-refractivity contribution < 1.29 is 23.1 Å². The summed E-state index contributed by atoms with van der Waals surface area (Å²) in [5, 5.41) is -0.00547. The largest absolute Gasteiger partial charge is 0.518 e. The van der Waals surface area contributed by atoms with E-state index in [0.29, 0.717) is 35.6 Å². The van der Waals surface area contributed by atoms with Crippen LogP contribution < -0.4 is 0 Å². The van der Waals surface area contributed by atoms with Crippen molar-refractivity contribution >= 4 is 28.4 Å².